The maximum absolute atomic E-state index is 12.8. The molecule has 0 fully saturated rings. The number of hydrogen-bond donors (Lipinski definition) is 2. The van der Waals surface area contributed by atoms with E-state index in [0.717, 1.165) is 5.56 Å². The Labute approximate surface area is 155 Å². The highest BCUT2D eigenvalue weighted by Crippen LogP contribution is 2.29. The molecule has 3 N–H and O–H groups in total. The van der Waals surface area contributed by atoms with E-state index in [4.69, 9.17) is 14.6 Å². The molecule has 2 aromatic carbocycles. The summed E-state index contributed by atoms with van der Waals surface area (Å²) in [4.78, 5) is 17.1. The largest absolute Gasteiger partial charge is 0.493 e. The minimum atomic E-state index is -3.83. The number of aromatic nitrogens is 2. The number of methoxy groups -OCH3 is 2. The van der Waals surface area contributed by atoms with Gasteiger partial charge in [-0.05, 0) is 23.8 Å². The second kappa shape index (κ2) is 7.25. The standard InChI is InChI=1S/C17H18N4O5S/c1-25-15-7-13-14(8-16(15)26-2)19-10-21(17(13)22)9-11-3-5-12(6-4-11)20-27(18,23)24/h3-8,10,20H,9H2,1-2H3,(H2,18,23,24). The van der Waals surface area contributed by atoms with Crippen LogP contribution in [-0.4, -0.2) is 32.2 Å². The van der Waals surface area contributed by atoms with Crippen LogP contribution in [0.1, 0.15) is 5.56 Å². The highest BCUT2D eigenvalue weighted by atomic mass is 32.2. The van der Waals surface area contributed by atoms with Gasteiger partial charge in [0.05, 0.1) is 38.0 Å². The molecule has 0 atom stereocenters. The molecule has 0 unspecified atom stereocenters. The molecule has 1 aromatic heterocycles. The topological polar surface area (TPSA) is 126 Å². The Morgan fingerprint density at radius 2 is 1.74 bits per heavy atom. The highest BCUT2D eigenvalue weighted by Gasteiger charge is 2.11. The lowest BCUT2D eigenvalue weighted by Crippen LogP contribution is -2.22. The summed E-state index contributed by atoms with van der Waals surface area (Å²) in [5.74, 6) is 0.938. The third kappa shape index (κ3) is 4.18. The molecule has 142 valence electrons. The molecule has 3 aromatic rings. The van der Waals surface area contributed by atoms with Crippen LogP contribution in [0.3, 0.4) is 0 Å². The Kier molecular flexibility index (Phi) is 5.02. The van der Waals surface area contributed by atoms with Crippen molar-refractivity contribution in [1.29, 1.82) is 0 Å². The molecule has 0 bridgehead atoms. The van der Waals surface area contributed by atoms with Gasteiger partial charge in [0.15, 0.2) is 11.5 Å². The van der Waals surface area contributed by atoms with E-state index < -0.39 is 10.2 Å². The Bertz CT molecular complexity index is 1140. The minimum Gasteiger partial charge on any atom is -0.493 e. The van der Waals surface area contributed by atoms with Gasteiger partial charge >= 0.3 is 0 Å². The van der Waals surface area contributed by atoms with Crippen molar-refractivity contribution < 1.29 is 17.9 Å². The van der Waals surface area contributed by atoms with Crippen LogP contribution in [0.4, 0.5) is 5.69 Å². The smallest absolute Gasteiger partial charge is 0.296 e. The molecule has 0 saturated carbocycles. The van der Waals surface area contributed by atoms with Crippen molar-refractivity contribution in [3.63, 3.8) is 0 Å². The molecule has 0 aliphatic rings. The van der Waals surface area contributed by atoms with Crippen molar-refractivity contribution in [2.45, 2.75) is 6.54 Å². The maximum Gasteiger partial charge on any atom is 0.296 e. The summed E-state index contributed by atoms with van der Waals surface area (Å²) in [5.41, 5.74) is 1.40. The molecule has 27 heavy (non-hydrogen) atoms. The van der Waals surface area contributed by atoms with Crippen LogP contribution in [-0.2, 0) is 16.8 Å². The fourth-order valence-electron chi connectivity index (χ4n) is 2.64. The van der Waals surface area contributed by atoms with Crippen molar-refractivity contribution in [2.24, 2.45) is 5.14 Å². The molecular weight excluding hydrogens is 372 g/mol. The van der Waals surface area contributed by atoms with Gasteiger partial charge in [-0.15, -0.1) is 0 Å². The van der Waals surface area contributed by atoms with Crippen LogP contribution in [0.2, 0.25) is 0 Å². The summed E-state index contributed by atoms with van der Waals surface area (Å²) < 4.78 is 36.2. The zero-order valence-corrected chi connectivity index (χ0v) is 15.5. The van der Waals surface area contributed by atoms with Crippen LogP contribution in [0.5, 0.6) is 11.5 Å². The number of anilines is 1. The lowest BCUT2D eigenvalue weighted by atomic mass is 10.2. The van der Waals surface area contributed by atoms with Gasteiger partial charge in [-0.25, -0.2) is 10.1 Å². The van der Waals surface area contributed by atoms with Gasteiger partial charge in [0.2, 0.25) is 0 Å². The van der Waals surface area contributed by atoms with Crippen LogP contribution in [0.25, 0.3) is 10.9 Å². The number of nitrogens with one attached hydrogen (secondary N) is 1. The monoisotopic (exact) mass is 390 g/mol. The third-order valence-electron chi connectivity index (χ3n) is 3.90. The molecule has 0 aliphatic carbocycles. The summed E-state index contributed by atoms with van der Waals surface area (Å²) in [6, 6.07) is 9.75. The van der Waals surface area contributed by atoms with Crippen molar-refractivity contribution in [3.8, 4) is 11.5 Å². The Balaban J connectivity index is 1.93. The Hall–Kier alpha value is -3.11. The Morgan fingerprint density at radius 1 is 1.11 bits per heavy atom. The van der Waals surface area contributed by atoms with Gasteiger partial charge in [-0.1, -0.05) is 12.1 Å². The summed E-state index contributed by atoms with van der Waals surface area (Å²) in [6.45, 7) is 0.270. The first-order valence-corrected chi connectivity index (χ1v) is 9.36. The summed E-state index contributed by atoms with van der Waals surface area (Å²) in [7, 11) is -0.821. The second-order valence-corrected chi connectivity index (χ2v) is 7.04. The van der Waals surface area contributed by atoms with Crippen LogP contribution in [0.15, 0.2) is 47.5 Å². The number of hydrogen-bond acceptors (Lipinski definition) is 6. The predicted octanol–water partition coefficient (Wildman–Crippen LogP) is 1.08. The van der Waals surface area contributed by atoms with Crippen LogP contribution in [0, 0.1) is 0 Å². The fraction of sp³-hybridized carbons (Fsp3) is 0.176. The molecule has 1 heterocycles. The highest BCUT2D eigenvalue weighted by molar-refractivity contribution is 7.90. The lowest BCUT2D eigenvalue weighted by molar-refractivity contribution is 0.355. The summed E-state index contributed by atoms with van der Waals surface area (Å²) >= 11 is 0. The zero-order chi connectivity index (χ0) is 19.6. The van der Waals surface area contributed by atoms with Crippen molar-refractivity contribution in [2.75, 3.05) is 18.9 Å². The number of nitrogens with two attached hydrogens (primary N) is 1. The third-order valence-corrected chi connectivity index (χ3v) is 4.42. The molecule has 0 aliphatic heterocycles. The SMILES string of the molecule is COc1cc2ncn(Cc3ccc(NS(N)(=O)=O)cc3)c(=O)c2cc1OC. The predicted molar refractivity (Wildman–Crippen MR) is 101 cm³/mol. The van der Waals surface area contributed by atoms with E-state index >= 15 is 0 Å². The molecule has 0 amide bonds. The molecule has 0 saturated heterocycles. The number of nitrogens with zero attached hydrogens (tertiary/aromatic N) is 2. The van der Waals surface area contributed by atoms with Gasteiger partial charge in [0.25, 0.3) is 15.8 Å². The number of rotatable bonds is 6. The molecule has 3 rings (SSSR count). The van der Waals surface area contributed by atoms with E-state index in [0.29, 0.717) is 28.1 Å². The van der Waals surface area contributed by atoms with Gasteiger partial charge in [0.1, 0.15) is 0 Å². The van der Waals surface area contributed by atoms with E-state index in [9.17, 15) is 13.2 Å². The van der Waals surface area contributed by atoms with Crippen LogP contribution >= 0.6 is 0 Å². The van der Waals surface area contributed by atoms with E-state index in [1.807, 2.05) is 0 Å². The molecule has 0 radical (unpaired) electrons. The van der Waals surface area contributed by atoms with Gasteiger partial charge < -0.3 is 9.47 Å². The van der Waals surface area contributed by atoms with Crippen molar-refractivity contribution in [1.82, 2.24) is 9.55 Å². The normalized spacial score (nSPS) is 11.4. The second-order valence-electron chi connectivity index (χ2n) is 5.75. The first-order valence-electron chi connectivity index (χ1n) is 7.81. The quantitative estimate of drug-likeness (QED) is 0.649. The van der Waals surface area contributed by atoms with E-state index in [2.05, 4.69) is 9.71 Å². The van der Waals surface area contributed by atoms with Crippen LogP contribution < -0.4 is 24.9 Å². The van der Waals surface area contributed by atoms with Gasteiger partial charge in [-0.2, -0.15) is 8.42 Å². The van der Waals surface area contributed by atoms with E-state index in [1.165, 1.54) is 25.1 Å². The number of fused-ring (bicyclic) bond motifs is 1. The molecular formula is C17H18N4O5S. The molecule has 10 heteroatoms. The summed E-state index contributed by atoms with van der Waals surface area (Å²) in [5, 5.41) is 5.34. The average Bonchev–Trinajstić information content (AvgIpc) is 2.63. The minimum absolute atomic E-state index is 0.229. The zero-order valence-electron chi connectivity index (χ0n) is 14.7. The fourth-order valence-corrected chi connectivity index (χ4v) is 3.10. The lowest BCUT2D eigenvalue weighted by Gasteiger charge is -2.11. The van der Waals surface area contributed by atoms with Gasteiger partial charge in [0, 0.05) is 11.8 Å². The Morgan fingerprint density at radius 3 is 2.33 bits per heavy atom. The van der Waals surface area contributed by atoms with E-state index in [1.54, 1.807) is 36.4 Å². The molecule has 0 spiro atoms. The summed E-state index contributed by atoms with van der Waals surface area (Å²) in [6.07, 6.45) is 1.45. The first-order chi connectivity index (χ1) is 12.8. The van der Waals surface area contributed by atoms with Gasteiger partial charge in [-0.3, -0.25) is 14.1 Å². The maximum atomic E-state index is 12.8. The molecule has 9 nitrogen and oxygen atoms in total. The first kappa shape index (κ1) is 18.7. The van der Waals surface area contributed by atoms with Crippen molar-refractivity contribution in [3.05, 3.63) is 58.6 Å². The number of ether oxygens (including phenoxy) is 2. The van der Waals surface area contributed by atoms with Crippen molar-refractivity contribution >= 4 is 26.8 Å². The average molecular weight is 390 g/mol. The number of benzene rings is 2. The van der Waals surface area contributed by atoms with E-state index in [-0.39, 0.29) is 12.1 Å².